The first-order chi connectivity index (χ1) is 13.2. The summed E-state index contributed by atoms with van der Waals surface area (Å²) in [6.07, 6.45) is 4.85. The summed E-state index contributed by atoms with van der Waals surface area (Å²) in [6.45, 7) is 9.61. The fraction of sp³-hybridized carbons (Fsp3) is 0.550. The van der Waals surface area contributed by atoms with E-state index in [4.69, 9.17) is 9.52 Å². The molecule has 0 unspecified atom stereocenters. The number of nitrogens with one attached hydrogen (secondary N) is 2. The molecule has 2 aromatic heterocycles. The molecule has 0 bridgehead atoms. The molecule has 0 aliphatic carbocycles. The van der Waals surface area contributed by atoms with Crippen molar-refractivity contribution in [1.82, 2.24) is 20.8 Å². The van der Waals surface area contributed by atoms with E-state index in [1.165, 1.54) is 5.56 Å². The number of piperidine rings is 1. The number of rotatable bonds is 6. The van der Waals surface area contributed by atoms with Gasteiger partial charge in [-0.25, -0.2) is 4.98 Å². The highest BCUT2D eigenvalue weighted by atomic mass is 16.5. The summed E-state index contributed by atoms with van der Waals surface area (Å²) in [5, 5.41) is 11.0. The second-order valence-electron chi connectivity index (χ2n) is 6.91. The van der Waals surface area contributed by atoms with Crippen LogP contribution in [0.3, 0.4) is 0 Å². The number of aromatic nitrogens is 2. The van der Waals surface area contributed by atoms with Crippen molar-refractivity contribution >= 4 is 11.8 Å². The Hall–Kier alpha value is -2.57. The number of aliphatic imine (C=N–C) groups is 1. The molecule has 146 valence electrons. The maximum Gasteiger partial charge on any atom is 0.191 e. The molecule has 7 heteroatoms. The van der Waals surface area contributed by atoms with Gasteiger partial charge >= 0.3 is 0 Å². The molecule has 7 nitrogen and oxygen atoms in total. The van der Waals surface area contributed by atoms with Gasteiger partial charge in [-0.3, -0.25) is 4.99 Å². The highest BCUT2D eigenvalue weighted by Gasteiger charge is 2.20. The van der Waals surface area contributed by atoms with Gasteiger partial charge in [0.05, 0.1) is 5.69 Å². The second-order valence-corrected chi connectivity index (χ2v) is 6.91. The molecule has 27 heavy (non-hydrogen) atoms. The zero-order chi connectivity index (χ0) is 19.1. The number of hydrogen-bond acceptors (Lipinski definition) is 5. The van der Waals surface area contributed by atoms with E-state index in [0.29, 0.717) is 12.6 Å². The van der Waals surface area contributed by atoms with Gasteiger partial charge in [0.1, 0.15) is 11.6 Å². The Bertz CT molecular complexity index is 715. The van der Waals surface area contributed by atoms with Crippen molar-refractivity contribution in [1.29, 1.82) is 0 Å². The van der Waals surface area contributed by atoms with Crippen LogP contribution in [0.15, 0.2) is 33.9 Å². The summed E-state index contributed by atoms with van der Waals surface area (Å²) >= 11 is 0. The predicted octanol–water partition coefficient (Wildman–Crippen LogP) is 2.45. The number of hydrogen-bond donors (Lipinski definition) is 2. The zero-order valence-corrected chi connectivity index (χ0v) is 16.5. The summed E-state index contributed by atoms with van der Waals surface area (Å²) in [5.74, 6) is 2.85. The van der Waals surface area contributed by atoms with Crippen molar-refractivity contribution < 1.29 is 4.52 Å². The van der Waals surface area contributed by atoms with E-state index in [1.54, 1.807) is 0 Å². The quantitative estimate of drug-likeness (QED) is 0.601. The van der Waals surface area contributed by atoms with Crippen LogP contribution in [-0.2, 0) is 6.42 Å². The third-order valence-corrected chi connectivity index (χ3v) is 4.97. The first-order valence-corrected chi connectivity index (χ1v) is 9.80. The molecule has 0 aromatic carbocycles. The van der Waals surface area contributed by atoms with Crippen LogP contribution >= 0.6 is 0 Å². The first-order valence-electron chi connectivity index (χ1n) is 9.80. The van der Waals surface area contributed by atoms with Crippen LogP contribution in [0.2, 0.25) is 0 Å². The van der Waals surface area contributed by atoms with Crippen LogP contribution < -0.4 is 15.5 Å². The van der Waals surface area contributed by atoms with Gasteiger partial charge in [-0.2, -0.15) is 0 Å². The van der Waals surface area contributed by atoms with E-state index >= 15 is 0 Å². The van der Waals surface area contributed by atoms with Gasteiger partial charge in [-0.15, -0.1) is 0 Å². The highest BCUT2D eigenvalue weighted by Crippen LogP contribution is 2.17. The number of pyridine rings is 1. The number of nitrogens with zero attached hydrogens (tertiary/aromatic N) is 4. The lowest BCUT2D eigenvalue weighted by Gasteiger charge is -2.33. The Labute approximate surface area is 161 Å². The van der Waals surface area contributed by atoms with E-state index in [9.17, 15) is 0 Å². The highest BCUT2D eigenvalue weighted by molar-refractivity contribution is 5.80. The Morgan fingerprint density at radius 1 is 1.30 bits per heavy atom. The molecule has 0 spiro atoms. The lowest BCUT2D eigenvalue weighted by molar-refractivity contribution is 0.392. The Morgan fingerprint density at radius 3 is 2.74 bits per heavy atom. The molecule has 1 fully saturated rings. The number of aryl methyl sites for hydroxylation is 2. The summed E-state index contributed by atoms with van der Waals surface area (Å²) < 4.78 is 5.23. The second kappa shape index (κ2) is 9.39. The minimum atomic E-state index is 0.432. The fourth-order valence-electron chi connectivity index (χ4n) is 3.45. The molecule has 3 rings (SSSR count). The van der Waals surface area contributed by atoms with E-state index in [2.05, 4.69) is 38.7 Å². The minimum Gasteiger partial charge on any atom is -0.361 e. The van der Waals surface area contributed by atoms with Gasteiger partial charge in [0, 0.05) is 44.0 Å². The van der Waals surface area contributed by atoms with Gasteiger partial charge in [0.15, 0.2) is 5.96 Å². The van der Waals surface area contributed by atoms with E-state index < -0.39 is 0 Å². The van der Waals surface area contributed by atoms with Crippen molar-refractivity contribution in [3.05, 3.63) is 41.4 Å². The largest absolute Gasteiger partial charge is 0.361 e. The standard InChI is InChI=1S/C20H30N6O/c1-4-21-20(23-12-8-18-15(2)25-27-16(18)3)24-17-9-13-26(14-10-17)19-7-5-6-11-22-19/h5-7,11,17H,4,8-10,12-14H2,1-3H3,(H2,21,23,24). The summed E-state index contributed by atoms with van der Waals surface area (Å²) in [4.78, 5) is 11.5. The fourth-order valence-corrected chi connectivity index (χ4v) is 3.45. The van der Waals surface area contributed by atoms with Crippen LogP contribution in [0.1, 0.15) is 36.8 Å². The van der Waals surface area contributed by atoms with Gasteiger partial charge in [-0.05, 0) is 52.2 Å². The average Bonchev–Trinajstić information content (AvgIpc) is 3.01. The Balaban J connectivity index is 1.51. The smallest absolute Gasteiger partial charge is 0.191 e. The molecular weight excluding hydrogens is 340 g/mol. The van der Waals surface area contributed by atoms with Gasteiger partial charge in [0.25, 0.3) is 0 Å². The molecule has 2 aromatic rings. The van der Waals surface area contributed by atoms with E-state index in [0.717, 1.165) is 62.1 Å². The lowest BCUT2D eigenvalue weighted by Crippen LogP contribution is -2.49. The molecular formula is C20H30N6O. The maximum atomic E-state index is 5.23. The number of guanidine groups is 1. The SMILES string of the molecule is CCNC(=NCCc1c(C)noc1C)NC1CCN(c2ccccn2)CC1. The normalized spacial score (nSPS) is 15.8. The lowest BCUT2D eigenvalue weighted by atomic mass is 10.1. The van der Waals surface area contributed by atoms with Crippen molar-refractivity contribution in [2.75, 3.05) is 31.1 Å². The van der Waals surface area contributed by atoms with Gasteiger partial charge in [-0.1, -0.05) is 11.2 Å². The van der Waals surface area contributed by atoms with Crippen molar-refractivity contribution in [2.24, 2.45) is 4.99 Å². The molecule has 2 N–H and O–H groups in total. The molecule has 0 atom stereocenters. The van der Waals surface area contributed by atoms with Crippen LogP contribution in [-0.4, -0.2) is 48.3 Å². The van der Waals surface area contributed by atoms with E-state index in [-0.39, 0.29) is 0 Å². The summed E-state index contributed by atoms with van der Waals surface area (Å²) in [6, 6.07) is 6.51. The van der Waals surface area contributed by atoms with Crippen molar-refractivity contribution in [2.45, 2.75) is 46.1 Å². The zero-order valence-electron chi connectivity index (χ0n) is 16.5. The van der Waals surface area contributed by atoms with E-state index in [1.807, 2.05) is 32.2 Å². The number of anilines is 1. The van der Waals surface area contributed by atoms with Crippen molar-refractivity contribution in [3.8, 4) is 0 Å². The van der Waals surface area contributed by atoms with Crippen molar-refractivity contribution in [3.63, 3.8) is 0 Å². The topological polar surface area (TPSA) is 78.6 Å². The van der Waals surface area contributed by atoms with Gasteiger partial charge < -0.3 is 20.1 Å². The third-order valence-electron chi connectivity index (χ3n) is 4.97. The molecule has 0 radical (unpaired) electrons. The summed E-state index contributed by atoms with van der Waals surface area (Å²) in [5.41, 5.74) is 2.13. The minimum absolute atomic E-state index is 0.432. The molecule has 1 aliphatic heterocycles. The summed E-state index contributed by atoms with van der Waals surface area (Å²) in [7, 11) is 0. The van der Waals surface area contributed by atoms with Crippen LogP contribution in [0.4, 0.5) is 5.82 Å². The van der Waals surface area contributed by atoms with Gasteiger partial charge in [0.2, 0.25) is 0 Å². The third kappa shape index (κ3) is 5.21. The van der Waals surface area contributed by atoms with Crippen LogP contribution in [0, 0.1) is 13.8 Å². The monoisotopic (exact) mass is 370 g/mol. The molecule has 3 heterocycles. The Kier molecular flexibility index (Phi) is 6.68. The molecule has 1 aliphatic rings. The molecule has 0 amide bonds. The maximum absolute atomic E-state index is 5.23. The van der Waals surface area contributed by atoms with Crippen LogP contribution in [0.5, 0.6) is 0 Å². The molecule has 0 saturated carbocycles. The average molecular weight is 371 g/mol. The van der Waals surface area contributed by atoms with Crippen LogP contribution in [0.25, 0.3) is 0 Å². The first kappa shape index (κ1) is 19.2. The molecule has 1 saturated heterocycles. The predicted molar refractivity (Wildman–Crippen MR) is 108 cm³/mol. The Morgan fingerprint density at radius 2 is 2.11 bits per heavy atom.